The van der Waals surface area contributed by atoms with Crippen molar-refractivity contribution in [2.75, 3.05) is 7.11 Å². The molecule has 0 aromatic rings. The van der Waals surface area contributed by atoms with Gasteiger partial charge in [0, 0.05) is 13.5 Å². The largest absolute Gasteiger partial charge is 0.366 e. The molecule has 0 amide bonds. The molecule has 1 heteroatoms. The third kappa shape index (κ3) is 4.41. The molecule has 0 aromatic heterocycles. The highest BCUT2D eigenvalue weighted by atomic mass is 16.5. The van der Waals surface area contributed by atoms with Crippen LogP contribution in [0.2, 0.25) is 0 Å². The average Bonchev–Trinajstić information content (AvgIpc) is 2.00. The molecule has 0 saturated carbocycles. The summed E-state index contributed by atoms with van der Waals surface area (Å²) >= 11 is 0. The smallest absolute Gasteiger partial charge is 0.125 e. The first-order valence-electron chi connectivity index (χ1n) is 4.59. The number of methoxy groups -OCH3 is 1. The van der Waals surface area contributed by atoms with Crippen molar-refractivity contribution in [2.24, 2.45) is 5.92 Å². The van der Waals surface area contributed by atoms with E-state index in [0.717, 1.165) is 12.8 Å². The topological polar surface area (TPSA) is 9.23 Å². The summed E-state index contributed by atoms with van der Waals surface area (Å²) in [4.78, 5) is 0. The molecule has 0 aliphatic rings. The maximum atomic E-state index is 5.38. The van der Waals surface area contributed by atoms with Crippen LogP contribution in [0.15, 0.2) is 0 Å². The third-order valence-electron chi connectivity index (χ3n) is 1.78. The lowest BCUT2D eigenvalue weighted by molar-refractivity contribution is 0.0395. The van der Waals surface area contributed by atoms with Gasteiger partial charge in [0.1, 0.15) is 5.60 Å². The summed E-state index contributed by atoms with van der Waals surface area (Å²) in [6.07, 6.45) is 1.90. The molecule has 0 aliphatic carbocycles. The van der Waals surface area contributed by atoms with E-state index < -0.39 is 0 Å². The van der Waals surface area contributed by atoms with Gasteiger partial charge in [-0.25, -0.2) is 0 Å². The fourth-order valence-electron chi connectivity index (χ4n) is 1.24. The molecule has 70 valence electrons. The Kier molecular flexibility index (Phi) is 5.01. The van der Waals surface area contributed by atoms with E-state index in [1.807, 2.05) is 0 Å². The van der Waals surface area contributed by atoms with Crippen molar-refractivity contribution in [3.63, 3.8) is 0 Å². The maximum absolute atomic E-state index is 5.38. The Balaban J connectivity index is 4.23. The summed E-state index contributed by atoms with van der Waals surface area (Å²) in [5.41, 5.74) is -0.246. The highest BCUT2D eigenvalue weighted by Crippen LogP contribution is 2.18. The van der Waals surface area contributed by atoms with E-state index >= 15 is 0 Å². The second-order valence-electron chi connectivity index (χ2n) is 3.69. The lowest BCUT2D eigenvalue weighted by atomic mass is 9.94. The quantitative estimate of drug-likeness (QED) is 0.589. The van der Waals surface area contributed by atoms with Gasteiger partial charge in [-0.15, -0.1) is 5.92 Å². The van der Waals surface area contributed by atoms with Crippen LogP contribution >= 0.6 is 0 Å². The molecule has 0 heterocycles. The van der Waals surface area contributed by atoms with Gasteiger partial charge in [-0.1, -0.05) is 26.7 Å². The second-order valence-corrected chi connectivity index (χ2v) is 3.69. The van der Waals surface area contributed by atoms with E-state index in [1.54, 1.807) is 7.11 Å². The summed E-state index contributed by atoms with van der Waals surface area (Å²) < 4.78 is 5.38. The number of rotatable bonds is 3. The molecule has 0 rings (SSSR count). The zero-order valence-electron chi connectivity index (χ0n) is 8.90. The molecule has 1 nitrogen and oxygen atoms in total. The minimum Gasteiger partial charge on any atom is -0.366 e. The van der Waals surface area contributed by atoms with Crippen molar-refractivity contribution < 1.29 is 4.74 Å². The summed E-state index contributed by atoms with van der Waals surface area (Å²) in [7, 11) is 1.73. The van der Waals surface area contributed by atoms with Crippen LogP contribution in [0.3, 0.4) is 0 Å². The van der Waals surface area contributed by atoms with Crippen molar-refractivity contribution in [1.82, 2.24) is 0 Å². The van der Waals surface area contributed by atoms with Gasteiger partial charge < -0.3 is 4.74 Å². The molecule has 12 heavy (non-hydrogen) atoms. The molecule has 0 radical (unpaired) electrons. The SMILES string of the molecule is CCC#CC(C)(CC(C)C)OC. The molecular formula is C11H20O. The van der Waals surface area contributed by atoms with Crippen molar-refractivity contribution in [3.05, 3.63) is 0 Å². The van der Waals surface area contributed by atoms with Crippen molar-refractivity contribution in [2.45, 2.75) is 46.1 Å². The van der Waals surface area contributed by atoms with E-state index in [0.29, 0.717) is 5.92 Å². The summed E-state index contributed by atoms with van der Waals surface area (Å²) in [5, 5.41) is 0. The zero-order chi connectivity index (χ0) is 9.61. The average molecular weight is 168 g/mol. The Morgan fingerprint density at radius 2 is 2.00 bits per heavy atom. The van der Waals surface area contributed by atoms with Gasteiger partial charge in [-0.3, -0.25) is 0 Å². The molecule has 0 spiro atoms. The number of hydrogen-bond donors (Lipinski definition) is 0. The molecule has 1 unspecified atom stereocenters. The van der Waals surface area contributed by atoms with Crippen LogP contribution in [0.1, 0.15) is 40.5 Å². The van der Waals surface area contributed by atoms with Crippen LogP contribution in [-0.2, 0) is 4.74 Å². The lowest BCUT2D eigenvalue weighted by Gasteiger charge is -2.23. The molecular weight excluding hydrogens is 148 g/mol. The molecule has 1 atom stereocenters. The van der Waals surface area contributed by atoms with Gasteiger partial charge in [0.15, 0.2) is 0 Å². The van der Waals surface area contributed by atoms with Gasteiger partial charge >= 0.3 is 0 Å². The number of hydrogen-bond acceptors (Lipinski definition) is 1. The summed E-state index contributed by atoms with van der Waals surface area (Å²) in [6.45, 7) is 8.48. The van der Waals surface area contributed by atoms with Crippen molar-refractivity contribution in [1.29, 1.82) is 0 Å². The normalized spacial score (nSPS) is 15.2. The van der Waals surface area contributed by atoms with E-state index in [1.165, 1.54) is 0 Å². The molecule has 0 N–H and O–H groups in total. The first-order valence-corrected chi connectivity index (χ1v) is 4.59. The van der Waals surface area contributed by atoms with Crippen LogP contribution in [0.4, 0.5) is 0 Å². The first-order chi connectivity index (χ1) is 5.54. The van der Waals surface area contributed by atoms with Crippen LogP contribution in [0.5, 0.6) is 0 Å². The second kappa shape index (κ2) is 5.22. The van der Waals surface area contributed by atoms with Gasteiger partial charge in [0.05, 0.1) is 0 Å². The van der Waals surface area contributed by atoms with Gasteiger partial charge in [-0.05, 0) is 19.3 Å². The minimum absolute atomic E-state index is 0.246. The van der Waals surface area contributed by atoms with E-state index in [9.17, 15) is 0 Å². The Labute approximate surface area is 76.5 Å². The van der Waals surface area contributed by atoms with E-state index in [-0.39, 0.29) is 5.60 Å². The monoisotopic (exact) mass is 168 g/mol. The molecule has 0 fully saturated rings. The summed E-state index contributed by atoms with van der Waals surface area (Å²) in [5.74, 6) is 6.85. The molecule has 0 saturated heterocycles. The first kappa shape index (κ1) is 11.5. The van der Waals surface area contributed by atoms with Crippen LogP contribution in [0, 0.1) is 17.8 Å². The van der Waals surface area contributed by atoms with Crippen LogP contribution < -0.4 is 0 Å². The fraction of sp³-hybridized carbons (Fsp3) is 0.818. The van der Waals surface area contributed by atoms with E-state index in [2.05, 4.69) is 39.5 Å². The Hall–Kier alpha value is -0.480. The minimum atomic E-state index is -0.246. The van der Waals surface area contributed by atoms with Crippen molar-refractivity contribution in [3.8, 4) is 11.8 Å². The zero-order valence-corrected chi connectivity index (χ0v) is 8.90. The van der Waals surface area contributed by atoms with E-state index in [4.69, 9.17) is 4.74 Å². The molecule has 0 aromatic carbocycles. The molecule has 0 bridgehead atoms. The standard InChI is InChI=1S/C11H20O/c1-6-7-8-11(4,12-5)9-10(2)3/h10H,6,9H2,1-5H3. The van der Waals surface area contributed by atoms with Gasteiger partial charge in [-0.2, -0.15) is 0 Å². The van der Waals surface area contributed by atoms with Crippen molar-refractivity contribution >= 4 is 0 Å². The third-order valence-corrected chi connectivity index (χ3v) is 1.78. The highest BCUT2D eigenvalue weighted by molar-refractivity contribution is 5.12. The predicted octanol–water partition coefficient (Wildman–Crippen LogP) is 2.85. The fourth-order valence-corrected chi connectivity index (χ4v) is 1.24. The Bertz CT molecular complexity index is 173. The Morgan fingerprint density at radius 3 is 2.33 bits per heavy atom. The van der Waals surface area contributed by atoms with Crippen LogP contribution in [-0.4, -0.2) is 12.7 Å². The van der Waals surface area contributed by atoms with Crippen LogP contribution in [0.25, 0.3) is 0 Å². The highest BCUT2D eigenvalue weighted by Gasteiger charge is 2.21. The summed E-state index contributed by atoms with van der Waals surface area (Å²) in [6, 6.07) is 0. The maximum Gasteiger partial charge on any atom is 0.125 e. The lowest BCUT2D eigenvalue weighted by Crippen LogP contribution is -2.27. The molecule has 0 aliphatic heterocycles. The van der Waals surface area contributed by atoms with Gasteiger partial charge in [0.2, 0.25) is 0 Å². The number of ether oxygens (including phenoxy) is 1. The predicted molar refractivity (Wildman–Crippen MR) is 52.9 cm³/mol. The Morgan fingerprint density at radius 1 is 1.42 bits per heavy atom. The van der Waals surface area contributed by atoms with Gasteiger partial charge in [0.25, 0.3) is 0 Å².